The number of carbonyl (C=O) groups excluding carboxylic acids is 1. The third kappa shape index (κ3) is 3.40. The van der Waals surface area contributed by atoms with Gasteiger partial charge in [0, 0.05) is 0 Å². The molecule has 0 saturated carbocycles. The molecule has 0 spiro atoms. The molecule has 1 rings (SSSR count). The molecule has 0 aliphatic heterocycles. The van der Waals surface area contributed by atoms with Crippen molar-refractivity contribution >= 4 is 67.6 Å². The van der Waals surface area contributed by atoms with Gasteiger partial charge < -0.3 is 4.74 Å². The summed E-state index contributed by atoms with van der Waals surface area (Å²) in [5.41, 5.74) is 0. The van der Waals surface area contributed by atoms with Crippen LogP contribution < -0.4 is 4.74 Å². The minimum absolute atomic E-state index is 0.170. The summed E-state index contributed by atoms with van der Waals surface area (Å²) in [5.74, 6) is 0.170. The lowest BCUT2D eigenvalue weighted by molar-refractivity contribution is -0.113. The van der Waals surface area contributed by atoms with Crippen molar-refractivity contribution in [2.24, 2.45) is 0 Å². The Hall–Kier alpha value is 0.330. The maximum Gasteiger partial charge on any atom is 0.259 e. The molecule has 82 valence electrons. The molecular weight excluding hydrogens is 350 g/mol. The zero-order valence-electron chi connectivity index (χ0n) is 6.99. The smallest absolute Gasteiger partial charge is 0.259 e. The van der Waals surface area contributed by atoms with Gasteiger partial charge >= 0.3 is 0 Å². The maximum atomic E-state index is 10.5. The van der Waals surface area contributed by atoms with Gasteiger partial charge in [0.1, 0.15) is 0 Å². The average Bonchev–Trinajstić information content (AvgIpc) is 2.14. The first-order valence-electron chi connectivity index (χ1n) is 3.57. The lowest BCUT2D eigenvalue weighted by Gasteiger charge is -2.10. The summed E-state index contributed by atoms with van der Waals surface area (Å²) < 4.78 is 5.48. The first-order chi connectivity index (χ1) is 6.93. The van der Waals surface area contributed by atoms with Gasteiger partial charge in [0.15, 0.2) is 12.4 Å². The second-order valence-electron chi connectivity index (χ2n) is 2.44. The molecule has 0 atom stereocenters. The number of carbonyl (C=O) groups is 1. The lowest BCUT2D eigenvalue weighted by Crippen LogP contribution is -2.05. The van der Waals surface area contributed by atoms with E-state index in [1.807, 2.05) is 0 Å². The van der Waals surface area contributed by atoms with Gasteiger partial charge in [0.2, 0.25) is 0 Å². The fourth-order valence-corrected chi connectivity index (χ4v) is 2.03. The highest BCUT2D eigenvalue weighted by atomic mass is 79.9. The molecule has 0 N–H and O–H groups in total. The molecule has 0 aromatic heterocycles. The Morgan fingerprint density at radius 1 is 1.33 bits per heavy atom. The molecule has 2 nitrogen and oxygen atoms in total. The van der Waals surface area contributed by atoms with Gasteiger partial charge in [0.05, 0.1) is 19.5 Å². The van der Waals surface area contributed by atoms with E-state index in [-0.39, 0.29) is 22.4 Å². The molecule has 0 aliphatic rings. The van der Waals surface area contributed by atoms with Crippen LogP contribution in [0.25, 0.3) is 0 Å². The van der Waals surface area contributed by atoms with E-state index in [2.05, 4.69) is 15.9 Å². The summed E-state index contributed by atoms with van der Waals surface area (Å²) in [7, 11) is 0. The van der Waals surface area contributed by atoms with Crippen molar-refractivity contribution in [1.82, 2.24) is 0 Å². The third-order valence-corrected chi connectivity index (χ3v) is 3.73. The SMILES string of the molecule is O=C(Cl)COc1c(Cl)cc(Cl)c(Br)c1Cl. The summed E-state index contributed by atoms with van der Waals surface area (Å²) in [4.78, 5) is 10.5. The first-order valence-corrected chi connectivity index (χ1v) is 5.88. The zero-order valence-corrected chi connectivity index (χ0v) is 11.6. The van der Waals surface area contributed by atoms with Crippen molar-refractivity contribution in [3.05, 3.63) is 25.6 Å². The Bertz CT molecular complexity index is 408. The molecule has 0 saturated heterocycles. The second kappa shape index (κ2) is 5.60. The normalized spacial score (nSPS) is 10.2. The number of rotatable bonds is 3. The summed E-state index contributed by atoms with van der Waals surface area (Å²) >= 11 is 25.8. The second-order valence-corrected chi connectivity index (χ2v) is 4.85. The Labute approximate surface area is 115 Å². The van der Waals surface area contributed by atoms with Gasteiger partial charge in [-0.3, -0.25) is 4.79 Å². The van der Waals surface area contributed by atoms with Crippen LogP contribution in [0.1, 0.15) is 0 Å². The fraction of sp³-hybridized carbons (Fsp3) is 0.125. The molecule has 1 aromatic rings. The van der Waals surface area contributed by atoms with Crippen LogP contribution in [-0.4, -0.2) is 11.8 Å². The van der Waals surface area contributed by atoms with Crippen LogP contribution in [0.15, 0.2) is 10.5 Å². The van der Waals surface area contributed by atoms with Gasteiger partial charge in [-0.15, -0.1) is 0 Å². The van der Waals surface area contributed by atoms with Crippen LogP contribution in [0.5, 0.6) is 5.75 Å². The van der Waals surface area contributed by atoms with E-state index in [0.29, 0.717) is 9.50 Å². The van der Waals surface area contributed by atoms with E-state index >= 15 is 0 Å². The van der Waals surface area contributed by atoms with Crippen molar-refractivity contribution in [3.8, 4) is 5.75 Å². The van der Waals surface area contributed by atoms with Crippen LogP contribution in [0.4, 0.5) is 0 Å². The Kier molecular flexibility index (Phi) is 5.00. The Morgan fingerprint density at radius 2 is 1.93 bits per heavy atom. The topological polar surface area (TPSA) is 26.3 Å². The molecule has 0 aliphatic carbocycles. The molecule has 1 aromatic carbocycles. The first kappa shape index (κ1) is 13.4. The molecule has 0 fully saturated rings. The summed E-state index contributed by atoms with van der Waals surface area (Å²) in [6, 6.07) is 1.45. The van der Waals surface area contributed by atoms with Crippen molar-refractivity contribution < 1.29 is 9.53 Å². The number of halogens is 5. The van der Waals surface area contributed by atoms with Gasteiger partial charge in [-0.1, -0.05) is 34.8 Å². The van der Waals surface area contributed by atoms with Crippen LogP contribution in [0.2, 0.25) is 15.1 Å². The highest BCUT2D eigenvalue weighted by Crippen LogP contribution is 2.42. The van der Waals surface area contributed by atoms with Crippen LogP contribution in [0, 0.1) is 0 Å². The standard InChI is InChI=1S/C8H3BrCl4O2/c9-6-3(10)1-4(11)8(7(6)13)15-2-5(12)14/h1H,2H2. The van der Waals surface area contributed by atoms with Gasteiger partial charge in [-0.2, -0.15) is 0 Å². The Balaban J connectivity index is 3.07. The van der Waals surface area contributed by atoms with Gasteiger partial charge in [-0.05, 0) is 33.6 Å². The molecule has 15 heavy (non-hydrogen) atoms. The quantitative estimate of drug-likeness (QED) is 0.453. The van der Waals surface area contributed by atoms with E-state index in [0.717, 1.165) is 0 Å². The number of hydrogen-bond donors (Lipinski definition) is 0. The van der Waals surface area contributed by atoms with E-state index in [1.54, 1.807) is 0 Å². The number of benzene rings is 1. The van der Waals surface area contributed by atoms with Crippen molar-refractivity contribution in [2.45, 2.75) is 0 Å². The third-order valence-electron chi connectivity index (χ3n) is 1.40. The van der Waals surface area contributed by atoms with Crippen molar-refractivity contribution in [1.29, 1.82) is 0 Å². The molecule has 0 heterocycles. The van der Waals surface area contributed by atoms with Crippen LogP contribution >= 0.6 is 62.3 Å². The molecular formula is C8H3BrCl4O2. The van der Waals surface area contributed by atoms with Gasteiger partial charge in [0.25, 0.3) is 5.24 Å². The maximum absolute atomic E-state index is 10.5. The lowest BCUT2D eigenvalue weighted by atomic mass is 10.3. The van der Waals surface area contributed by atoms with E-state index in [4.69, 9.17) is 51.1 Å². The predicted octanol–water partition coefficient (Wildman–Crippen LogP) is 4.55. The molecule has 0 bridgehead atoms. The number of hydrogen-bond acceptors (Lipinski definition) is 2. The minimum atomic E-state index is -0.645. The average molecular weight is 353 g/mol. The predicted molar refractivity (Wildman–Crippen MR) is 65.5 cm³/mol. The monoisotopic (exact) mass is 350 g/mol. The van der Waals surface area contributed by atoms with Crippen LogP contribution in [-0.2, 0) is 4.79 Å². The summed E-state index contributed by atoms with van der Waals surface area (Å²) in [6.07, 6.45) is 0. The van der Waals surface area contributed by atoms with Crippen molar-refractivity contribution in [2.75, 3.05) is 6.61 Å². The molecule has 0 unspecified atom stereocenters. The Morgan fingerprint density at radius 3 is 2.47 bits per heavy atom. The minimum Gasteiger partial charge on any atom is -0.481 e. The fourth-order valence-electron chi connectivity index (χ4n) is 0.811. The van der Waals surface area contributed by atoms with E-state index in [1.165, 1.54) is 6.07 Å². The largest absolute Gasteiger partial charge is 0.481 e. The number of ether oxygens (including phenoxy) is 1. The molecule has 0 amide bonds. The van der Waals surface area contributed by atoms with E-state index < -0.39 is 5.24 Å². The highest BCUT2D eigenvalue weighted by Gasteiger charge is 2.15. The zero-order chi connectivity index (χ0) is 11.6. The molecule has 0 radical (unpaired) electrons. The van der Waals surface area contributed by atoms with Gasteiger partial charge in [-0.25, -0.2) is 0 Å². The van der Waals surface area contributed by atoms with Crippen LogP contribution in [0.3, 0.4) is 0 Å². The summed E-state index contributed by atoms with van der Waals surface area (Å²) in [5, 5.41) is 0.124. The molecule has 7 heteroatoms. The summed E-state index contributed by atoms with van der Waals surface area (Å²) in [6.45, 7) is -0.310. The van der Waals surface area contributed by atoms with E-state index in [9.17, 15) is 4.79 Å². The highest BCUT2D eigenvalue weighted by molar-refractivity contribution is 9.10. The van der Waals surface area contributed by atoms with Crippen molar-refractivity contribution in [3.63, 3.8) is 0 Å².